The predicted molar refractivity (Wildman–Crippen MR) is 92.6 cm³/mol. The van der Waals surface area contributed by atoms with Crippen molar-refractivity contribution in [3.05, 3.63) is 59.6 Å². The average molecular weight is 344 g/mol. The molecule has 2 aromatic carbocycles. The lowest BCUT2D eigenvalue weighted by Crippen LogP contribution is -2.18. The standard InChI is InChI=1S/C17H14ClN3O3/c1-23-14-8-2-11(3-9-14)15-10-16(24-21-15)20-17(22)19-13-6-4-12(18)5-7-13/h2-10H,1H3,(H2,19,20,22). The maximum Gasteiger partial charge on any atom is 0.326 e. The minimum atomic E-state index is -0.435. The van der Waals surface area contributed by atoms with Crippen LogP contribution >= 0.6 is 11.6 Å². The van der Waals surface area contributed by atoms with Gasteiger partial charge in [0.1, 0.15) is 11.4 Å². The lowest BCUT2D eigenvalue weighted by atomic mass is 10.1. The van der Waals surface area contributed by atoms with Crippen LogP contribution in [0.4, 0.5) is 16.4 Å². The second-order valence-electron chi connectivity index (χ2n) is 4.89. The van der Waals surface area contributed by atoms with Gasteiger partial charge in [-0.25, -0.2) is 4.79 Å². The Balaban J connectivity index is 1.64. The van der Waals surface area contributed by atoms with Gasteiger partial charge in [-0.05, 0) is 48.5 Å². The zero-order chi connectivity index (χ0) is 16.9. The zero-order valence-corrected chi connectivity index (χ0v) is 13.5. The summed E-state index contributed by atoms with van der Waals surface area (Å²) in [4.78, 5) is 11.9. The first-order valence-electron chi connectivity index (χ1n) is 7.09. The molecule has 2 amide bonds. The van der Waals surface area contributed by atoms with Crippen molar-refractivity contribution in [3.8, 4) is 17.0 Å². The Hall–Kier alpha value is -2.99. The summed E-state index contributed by atoms with van der Waals surface area (Å²) in [5.74, 6) is 0.996. The van der Waals surface area contributed by atoms with Crippen LogP contribution < -0.4 is 15.4 Å². The first kappa shape index (κ1) is 15.9. The van der Waals surface area contributed by atoms with Crippen LogP contribution in [0.5, 0.6) is 5.75 Å². The van der Waals surface area contributed by atoms with E-state index in [0.717, 1.165) is 11.3 Å². The highest BCUT2D eigenvalue weighted by molar-refractivity contribution is 6.30. The number of nitrogens with one attached hydrogen (secondary N) is 2. The van der Waals surface area contributed by atoms with Crippen LogP contribution in [0.2, 0.25) is 5.02 Å². The number of benzene rings is 2. The second kappa shape index (κ2) is 7.06. The fourth-order valence-corrected chi connectivity index (χ4v) is 2.17. The molecule has 1 heterocycles. The summed E-state index contributed by atoms with van der Waals surface area (Å²) in [7, 11) is 1.60. The lowest BCUT2D eigenvalue weighted by Gasteiger charge is -2.04. The number of urea groups is 1. The maximum atomic E-state index is 11.9. The van der Waals surface area contributed by atoms with Gasteiger partial charge in [0.05, 0.1) is 7.11 Å². The number of anilines is 2. The van der Waals surface area contributed by atoms with Gasteiger partial charge in [0.2, 0.25) is 5.88 Å². The van der Waals surface area contributed by atoms with Gasteiger partial charge in [-0.3, -0.25) is 5.32 Å². The van der Waals surface area contributed by atoms with E-state index in [1.807, 2.05) is 24.3 Å². The Bertz CT molecular complexity index is 829. The average Bonchev–Trinajstić information content (AvgIpc) is 3.05. The van der Waals surface area contributed by atoms with Crippen LogP contribution in [0.25, 0.3) is 11.3 Å². The van der Waals surface area contributed by atoms with Gasteiger partial charge in [0.25, 0.3) is 0 Å². The summed E-state index contributed by atoms with van der Waals surface area (Å²) in [5, 5.41) is 9.78. The van der Waals surface area contributed by atoms with Crippen molar-refractivity contribution >= 4 is 29.2 Å². The van der Waals surface area contributed by atoms with Gasteiger partial charge >= 0.3 is 6.03 Å². The van der Waals surface area contributed by atoms with Crippen molar-refractivity contribution in [2.24, 2.45) is 0 Å². The molecule has 0 saturated carbocycles. The Morgan fingerprint density at radius 2 is 1.79 bits per heavy atom. The highest BCUT2D eigenvalue weighted by Gasteiger charge is 2.10. The highest BCUT2D eigenvalue weighted by atomic mass is 35.5. The third-order valence-corrected chi connectivity index (χ3v) is 3.49. The van der Waals surface area contributed by atoms with E-state index in [1.54, 1.807) is 37.4 Å². The number of hydrogen-bond donors (Lipinski definition) is 2. The van der Waals surface area contributed by atoms with Crippen molar-refractivity contribution < 1.29 is 14.1 Å². The molecular weight excluding hydrogens is 330 g/mol. The Labute approximate surface area is 143 Å². The Morgan fingerprint density at radius 3 is 2.46 bits per heavy atom. The fourth-order valence-electron chi connectivity index (χ4n) is 2.04. The number of carbonyl (C=O) groups excluding carboxylic acids is 1. The number of aromatic nitrogens is 1. The summed E-state index contributed by atoms with van der Waals surface area (Å²) in [5.41, 5.74) is 2.08. The quantitative estimate of drug-likeness (QED) is 0.723. The van der Waals surface area contributed by atoms with Crippen molar-refractivity contribution in [3.63, 3.8) is 0 Å². The van der Waals surface area contributed by atoms with Gasteiger partial charge in [0.15, 0.2) is 0 Å². The zero-order valence-electron chi connectivity index (χ0n) is 12.7. The fraction of sp³-hybridized carbons (Fsp3) is 0.0588. The SMILES string of the molecule is COc1ccc(-c2cc(NC(=O)Nc3ccc(Cl)cc3)on2)cc1. The molecule has 1 aromatic heterocycles. The predicted octanol–water partition coefficient (Wildman–Crippen LogP) is 4.65. The summed E-state index contributed by atoms with van der Waals surface area (Å²) in [6, 6.07) is 15.3. The first-order valence-corrected chi connectivity index (χ1v) is 7.46. The van der Waals surface area contributed by atoms with E-state index in [2.05, 4.69) is 15.8 Å². The number of hydrogen-bond acceptors (Lipinski definition) is 4. The van der Waals surface area contributed by atoms with E-state index >= 15 is 0 Å². The summed E-state index contributed by atoms with van der Waals surface area (Å²) in [6.45, 7) is 0. The van der Waals surface area contributed by atoms with Crippen molar-refractivity contribution in [1.29, 1.82) is 0 Å². The van der Waals surface area contributed by atoms with Gasteiger partial charge in [-0.1, -0.05) is 16.8 Å². The van der Waals surface area contributed by atoms with E-state index in [-0.39, 0.29) is 5.88 Å². The summed E-state index contributed by atoms with van der Waals surface area (Å²) < 4.78 is 10.2. The molecular formula is C17H14ClN3O3. The van der Waals surface area contributed by atoms with Gasteiger partial charge in [0, 0.05) is 22.3 Å². The topological polar surface area (TPSA) is 76.4 Å². The van der Waals surface area contributed by atoms with Crippen LogP contribution in [0.15, 0.2) is 59.1 Å². The minimum absolute atomic E-state index is 0.243. The van der Waals surface area contributed by atoms with Crippen molar-refractivity contribution in [2.45, 2.75) is 0 Å². The lowest BCUT2D eigenvalue weighted by molar-refractivity contribution is 0.261. The highest BCUT2D eigenvalue weighted by Crippen LogP contribution is 2.24. The van der Waals surface area contributed by atoms with Crippen LogP contribution in [0.3, 0.4) is 0 Å². The normalized spacial score (nSPS) is 10.2. The first-order chi connectivity index (χ1) is 11.6. The molecule has 122 valence electrons. The maximum absolute atomic E-state index is 11.9. The van der Waals surface area contributed by atoms with E-state index in [4.69, 9.17) is 20.9 Å². The monoisotopic (exact) mass is 343 g/mol. The van der Waals surface area contributed by atoms with Crippen LogP contribution in [-0.4, -0.2) is 18.3 Å². The van der Waals surface area contributed by atoms with Gasteiger partial charge in [-0.2, -0.15) is 0 Å². The Morgan fingerprint density at radius 1 is 1.08 bits per heavy atom. The molecule has 0 unspecified atom stereocenters. The molecule has 2 N–H and O–H groups in total. The van der Waals surface area contributed by atoms with E-state index in [0.29, 0.717) is 16.4 Å². The number of nitrogens with zero attached hydrogens (tertiary/aromatic N) is 1. The second-order valence-corrected chi connectivity index (χ2v) is 5.33. The largest absolute Gasteiger partial charge is 0.497 e. The summed E-state index contributed by atoms with van der Waals surface area (Å²) >= 11 is 5.80. The number of ether oxygens (including phenoxy) is 1. The van der Waals surface area contributed by atoms with Gasteiger partial charge < -0.3 is 14.6 Å². The number of carbonyl (C=O) groups is 1. The molecule has 3 aromatic rings. The number of rotatable bonds is 4. The number of halogens is 1. The van der Waals surface area contributed by atoms with Crippen LogP contribution in [0.1, 0.15) is 0 Å². The Kier molecular flexibility index (Phi) is 4.67. The minimum Gasteiger partial charge on any atom is -0.497 e. The number of methoxy groups -OCH3 is 1. The molecule has 0 bridgehead atoms. The van der Waals surface area contributed by atoms with Crippen molar-refractivity contribution in [2.75, 3.05) is 17.7 Å². The van der Waals surface area contributed by atoms with Crippen LogP contribution in [0, 0.1) is 0 Å². The third-order valence-electron chi connectivity index (χ3n) is 3.23. The molecule has 0 radical (unpaired) electrons. The molecule has 0 saturated heterocycles. The molecule has 0 aliphatic heterocycles. The van der Waals surface area contributed by atoms with E-state index in [9.17, 15) is 4.79 Å². The third kappa shape index (κ3) is 3.85. The molecule has 0 fully saturated rings. The smallest absolute Gasteiger partial charge is 0.326 e. The molecule has 0 spiro atoms. The number of amides is 2. The molecule has 24 heavy (non-hydrogen) atoms. The molecule has 0 aliphatic rings. The van der Waals surface area contributed by atoms with Gasteiger partial charge in [-0.15, -0.1) is 0 Å². The summed E-state index contributed by atoms with van der Waals surface area (Å²) in [6.07, 6.45) is 0. The molecule has 6 nitrogen and oxygen atoms in total. The molecule has 7 heteroatoms. The van der Waals surface area contributed by atoms with Crippen molar-refractivity contribution in [1.82, 2.24) is 5.16 Å². The van der Waals surface area contributed by atoms with Crippen LogP contribution in [-0.2, 0) is 0 Å². The van der Waals surface area contributed by atoms with E-state index < -0.39 is 6.03 Å². The molecule has 3 rings (SSSR count). The molecule has 0 atom stereocenters. The molecule has 0 aliphatic carbocycles. The van der Waals surface area contributed by atoms with E-state index in [1.165, 1.54) is 0 Å².